The number of benzene rings is 3. The summed E-state index contributed by atoms with van der Waals surface area (Å²) in [5, 5.41) is 5.25. The normalized spacial score (nSPS) is 12.1. The van der Waals surface area contributed by atoms with Gasteiger partial charge in [0, 0.05) is 24.0 Å². The molecule has 2 aromatic heterocycles. The van der Waals surface area contributed by atoms with Gasteiger partial charge in [-0.1, -0.05) is 48.0 Å². The van der Waals surface area contributed by atoms with Gasteiger partial charge >= 0.3 is 0 Å². The molecule has 9 heteroatoms. The molecule has 5 aromatic rings. The Bertz CT molecular complexity index is 1780. The molecule has 0 unspecified atom stereocenters. The van der Waals surface area contributed by atoms with Gasteiger partial charge in [0.15, 0.2) is 17.3 Å². The highest BCUT2D eigenvalue weighted by Gasteiger charge is 2.22. The van der Waals surface area contributed by atoms with Gasteiger partial charge in [0.05, 0.1) is 21.5 Å². The van der Waals surface area contributed by atoms with Gasteiger partial charge in [0.1, 0.15) is 12.4 Å². The molecule has 182 valence electrons. The summed E-state index contributed by atoms with van der Waals surface area (Å²) in [5.41, 5.74) is 0.294. The van der Waals surface area contributed by atoms with Gasteiger partial charge in [0.2, 0.25) is 18.1 Å². The molecule has 37 heavy (non-hydrogen) atoms. The standard InChI is InChI=1S/C28H18ClN3O5/c29-19-7-8-25(30-12-19)31-26(33)14-32-13-21(27(34)18-6-5-16-3-1-2-4-17(16)9-18)28(35)20-10-23-24(11-22(20)32)37-15-36-23/h1-13H,14-15H2,(H,30,31,33). The molecule has 1 aliphatic rings. The Morgan fingerprint density at radius 2 is 1.76 bits per heavy atom. The summed E-state index contributed by atoms with van der Waals surface area (Å²) in [6, 6.07) is 19.3. The number of hydrogen-bond donors (Lipinski definition) is 1. The quantitative estimate of drug-likeness (QED) is 0.340. The third kappa shape index (κ3) is 4.28. The predicted octanol–water partition coefficient (Wildman–Crippen LogP) is 4.80. The zero-order valence-corrected chi connectivity index (χ0v) is 20.0. The second kappa shape index (κ2) is 9.07. The van der Waals surface area contributed by atoms with Gasteiger partial charge < -0.3 is 19.4 Å². The van der Waals surface area contributed by atoms with Gasteiger partial charge in [-0.25, -0.2) is 4.98 Å². The Morgan fingerprint density at radius 1 is 0.973 bits per heavy atom. The Kier molecular flexibility index (Phi) is 5.58. The second-order valence-corrected chi connectivity index (χ2v) is 8.96. The summed E-state index contributed by atoms with van der Waals surface area (Å²) in [6.07, 6.45) is 2.84. The number of pyridine rings is 2. The van der Waals surface area contributed by atoms with Crippen LogP contribution in [-0.2, 0) is 11.3 Å². The van der Waals surface area contributed by atoms with Gasteiger partial charge in [-0.3, -0.25) is 14.4 Å². The molecule has 0 bridgehead atoms. The van der Waals surface area contributed by atoms with Gasteiger partial charge in [-0.05, 0) is 35.0 Å². The van der Waals surface area contributed by atoms with Crippen molar-refractivity contribution in [3.05, 3.63) is 105 Å². The van der Waals surface area contributed by atoms with E-state index in [4.69, 9.17) is 21.1 Å². The monoisotopic (exact) mass is 511 g/mol. The summed E-state index contributed by atoms with van der Waals surface area (Å²) in [6.45, 7) is -0.163. The van der Waals surface area contributed by atoms with Crippen molar-refractivity contribution in [2.45, 2.75) is 6.54 Å². The van der Waals surface area contributed by atoms with Crippen LogP contribution < -0.4 is 20.2 Å². The first-order valence-corrected chi connectivity index (χ1v) is 11.8. The summed E-state index contributed by atoms with van der Waals surface area (Å²) in [5.74, 6) is 0.338. The Labute approximate surface area is 215 Å². The molecule has 8 nitrogen and oxygen atoms in total. The number of nitrogens with zero attached hydrogens (tertiary/aromatic N) is 2. The van der Waals surface area contributed by atoms with Crippen molar-refractivity contribution >= 4 is 50.8 Å². The van der Waals surface area contributed by atoms with Crippen LogP contribution in [0, 0.1) is 0 Å². The first-order chi connectivity index (χ1) is 18.0. The number of halogens is 1. The minimum atomic E-state index is -0.456. The van der Waals surface area contributed by atoms with Crippen molar-refractivity contribution < 1.29 is 19.1 Å². The number of nitrogens with one attached hydrogen (secondary N) is 1. The number of hydrogen-bond acceptors (Lipinski definition) is 6. The average molecular weight is 512 g/mol. The molecular weight excluding hydrogens is 494 g/mol. The van der Waals surface area contributed by atoms with E-state index >= 15 is 0 Å². The lowest BCUT2D eigenvalue weighted by Gasteiger charge is -2.14. The minimum Gasteiger partial charge on any atom is -0.454 e. The fourth-order valence-electron chi connectivity index (χ4n) is 4.35. The van der Waals surface area contributed by atoms with Crippen molar-refractivity contribution in [2.24, 2.45) is 0 Å². The SMILES string of the molecule is O=C(Cn1cc(C(=O)c2ccc3ccccc3c2)c(=O)c2cc3c(cc21)OCO3)Nc1ccc(Cl)cn1. The number of anilines is 1. The molecule has 0 saturated carbocycles. The zero-order chi connectivity index (χ0) is 25.5. The second-order valence-electron chi connectivity index (χ2n) is 8.52. The maximum atomic E-state index is 13.6. The van der Waals surface area contributed by atoms with Crippen LogP contribution in [0.15, 0.2) is 83.9 Å². The lowest BCUT2D eigenvalue weighted by molar-refractivity contribution is -0.116. The van der Waals surface area contributed by atoms with E-state index < -0.39 is 17.1 Å². The van der Waals surface area contributed by atoms with E-state index in [2.05, 4.69) is 10.3 Å². The Hall–Kier alpha value is -4.69. The smallest absolute Gasteiger partial charge is 0.245 e. The summed E-state index contributed by atoms with van der Waals surface area (Å²) < 4.78 is 12.5. The zero-order valence-electron chi connectivity index (χ0n) is 19.2. The van der Waals surface area contributed by atoms with Crippen molar-refractivity contribution in [2.75, 3.05) is 12.1 Å². The van der Waals surface area contributed by atoms with E-state index in [0.717, 1.165) is 10.8 Å². The molecule has 0 radical (unpaired) electrons. The van der Waals surface area contributed by atoms with Crippen LogP contribution in [0.5, 0.6) is 11.5 Å². The summed E-state index contributed by atoms with van der Waals surface area (Å²) in [7, 11) is 0. The van der Waals surface area contributed by atoms with Crippen molar-refractivity contribution in [3.8, 4) is 11.5 Å². The van der Waals surface area contributed by atoms with E-state index in [1.807, 2.05) is 30.3 Å². The van der Waals surface area contributed by atoms with Crippen molar-refractivity contribution in [3.63, 3.8) is 0 Å². The molecule has 1 aliphatic heterocycles. The first kappa shape index (κ1) is 22.8. The summed E-state index contributed by atoms with van der Waals surface area (Å²) >= 11 is 5.87. The number of aromatic nitrogens is 2. The number of carbonyl (C=O) groups excluding carboxylic acids is 2. The van der Waals surface area contributed by atoms with Gasteiger partial charge in [0.25, 0.3) is 0 Å². The number of rotatable bonds is 5. The van der Waals surface area contributed by atoms with Crippen LogP contribution in [0.4, 0.5) is 5.82 Å². The van der Waals surface area contributed by atoms with Crippen molar-refractivity contribution in [1.82, 2.24) is 9.55 Å². The number of carbonyl (C=O) groups is 2. The van der Waals surface area contributed by atoms with Crippen LogP contribution >= 0.6 is 11.6 Å². The molecule has 3 aromatic carbocycles. The fraction of sp³-hybridized carbons (Fsp3) is 0.0714. The van der Waals surface area contributed by atoms with Crippen molar-refractivity contribution in [1.29, 1.82) is 0 Å². The maximum absolute atomic E-state index is 13.6. The van der Waals surface area contributed by atoms with Gasteiger partial charge in [-0.2, -0.15) is 0 Å². The molecule has 0 atom stereocenters. The number of amides is 1. The Balaban J connectivity index is 1.44. The minimum absolute atomic E-state index is 0.0193. The lowest BCUT2D eigenvalue weighted by atomic mass is 9.99. The molecule has 6 rings (SSSR count). The van der Waals surface area contributed by atoms with E-state index in [1.165, 1.54) is 12.4 Å². The highest BCUT2D eigenvalue weighted by Crippen LogP contribution is 2.35. The molecule has 3 heterocycles. The number of fused-ring (bicyclic) bond motifs is 3. The van der Waals surface area contributed by atoms with E-state index in [1.54, 1.807) is 41.0 Å². The number of ether oxygens (including phenoxy) is 2. The molecular formula is C28H18ClN3O5. The molecule has 1 amide bonds. The van der Waals surface area contributed by atoms with E-state index in [-0.39, 0.29) is 24.3 Å². The number of ketones is 1. The maximum Gasteiger partial charge on any atom is 0.245 e. The molecule has 0 saturated heterocycles. The van der Waals surface area contributed by atoms with Crippen LogP contribution in [0.3, 0.4) is 0 Å². The third-order valence-corrected chi connectivity index (χ3v) is 6.36. The third-order valence-electron chi connectivity index (χ3n) is 6.14. The molecule has 1 N–H and O–H groups in total. The van der Waals surface area contributed by atoms with Gasteiger partial charge in [-0.15, -0.1) is 0 Å². The average Bonchev–Trinajstić information content (AvgIpc) is 3.38. The van der Waals surface area contributed by atoms with E-state index in [0.29, 0.717) is 33.4 Å². The lowest BCUT2D eigenvalue weighted by Crippen LogP contribution is -2.24. The van der Waals surface area contributed by atoms with Crippen LogP contribution in [0.25, 0.3) is 21.7 Å². The highest BCUT2D eigenvalue weighted by atomic mass is 35.5. The van der Waals surface area contributed by atoms with E-state index in [9.17, 15) is 14.4 Å². The van der Waals surface area contributed by atoms with Crippen LogP contribution in [0.1, 0.15) is 15.9 Å². The first-order valence-electron chi connectivity index (χ1n) is 11.4. The Morgan fingerprint density at radius 3 is 2.54 bits per heavy atom. The topological polar surface area (TPSA) is 99.5 Å². The predicted molar refractivity (Wildman–Crippen MR) is 140 cm³/mol. The fourth-order valence-corrected chi connectivity index (χ4v) is 4.46. The molecule has 0 spiro atoms. The summed E-state index contributed by atoms with van der Waals surface area (Å²) in [4.78, 5) is 44.1. The highest BCUT2D eigenvalue weighted by molar-refractivity contribution is 6.30. The van der Waals surface area contributed by atoms with Crippen LogP contribution in [0.2, 0.25) is 5.02 Å². The largest absolute Gasteiger partial charge is 0.454 e. The van der Waals surface area contributed by atoms with Crippen LogP contribution in [-0.4, -0.2) is 28.0 Å². The molecule has 0 aliphatic carbocycles. The molecule has 0 fully saturated rings.